The van der Waals surface area contributed by atoms with Crippen LogP contribution in [0.5, 0.6) is 0 Å². The molecule has 3 aromatic rings. The standard InChI is InChI=1S/C23H23ClN2O2S/c24-16-6-3-5-15(13-16)10-11-21(27)26-12-4-7-17(26)14-19-18-8-1-2-9-20(18)29-22(19)23(25)28/h1-3,5-6,8-9,13,17H,4,7,10-12,14H2,(H2,25,28). The molecule has 2 aromatic carbocycles. The van der Waals surface area contributed by atoms with Crippen LogP contribution in [0.1, 0.15) is 40.1 Å². The summed E-state index contributed by atoms with van der Waals surface area (Å²) < 4.78 is 1.06. The zero-order valence-electron chi connectivity index (χ0n) is 16.1. The van der Waals surface area contributed by atoms with Gasteiger partial charge < -0.3 is 10.6 Å². The normalized spacial score (nSPS) is 16.4. The first-order valence-electron chi connectivity index (χ1n) is 9.87. The number of carbonyl (C=O) groups excluding carboxylic acids is 2. The van der Waals surface area contributed by atoms with Gasteiger partial charge in [-0.1, -0.05) is 41.9 Å². The van der Waals surface area contributed by atoms with E-state index in [2.05, 4.69) is 0 Å². The molecule has 0 spiro atoms. The molecule has 4 rings (SSSR count). The minimum atomic E-state index is -0.391. The number of nitrogens with two attached hydrogens (primary N) is 1. The molecule has 1 aliphatic rings. The van der Waals surface area contributed by atoms with Crippen molar-refractivity contribution in [2.45, 2.75) is 38.1 Å². The number of carbonyl (C=O) groups is 2. The van der Waals surface area contributed by atoms with Crippen LogP contribution in [0, 0.1) is 0 Å². The Balaban J connectivity index is 1.50. The fourth-order valence-electron chi connectivity index (χ4n) is 4.20. The van der Waals surface area contributed by atoms with Crippen LogP contribution >= 0.6 is 22.9 Å². The second-order valence-electron chi connectivity index (χ2n) is 7.49. The first-order valence-corrected chi connectivity index (χ1v) is 11.1. The van der Waals surface area contributed by atoms with E-state index in [1.807, 2.05) is 53.4 Å². The summed E-state index contributed by atoms with van der Waals surface area (Å²) in [7, 11) is 0. The average molecular weight is 427 g/mol. The molecule has 1 fully saturated rings. The number of nitrogens with zero attached hydrogens (tertiary/aromatic N) is 1. The second-order valence-corrected chi connectivity index (χ2v) is 8.98. The van der Waals surface area contributed by atoms with E-state index in [0.29, 0.717) is 29.2 Å². The Morgan fingerprint density at radius 2 is 2.00 bits per heavy atom. The average Bonchev–Trinajstić information content (AvgIpc) is 3.32. The molecule has 1 aromatic heterocycles. The molecular weight excluding hydrogens is 404 g/mol. The van der Waals surface area contributed by atoms with Crippen LogP contribution in [0.15, 0.2) is 48.5 Å². The zero-order valence-corrected chi connectivity index (χ0v) is 17.6. The summed E-state index contributed by atoms with van der Waals surface area (Å²) >= 11 is 7.49. The Kier molecular flexibility index (Phi) is 5.88. The number of rotatable bonds is 6. The smallest absolute Gasteiger partial charge is 0.259 e. The summed E-state index contributed by atoms with van der Waals surface area (Å²) in [6.45, 7) is 0.771. The van der Waals surface area contributed by atoms with Gasteiger partial charge in [-0.15, -0.1) is 11.3 Å². The fraction of sp³-hybridized carbons (Fsp3) is 0.304. The quantitative estimate of drug-likeness (QED) is 0.614. The van der Waals surface area contributed by atoms with Crippen molar-refractivity contribution >= 4 is 44.8 Å². The Labute approximate surface area is 179 Å². The molecular formula is C23H23ClN2O2S. The first kappa shape index (κ1) is 19.9. The number of thiophene rings is 1. The van der Waals surface area contributed by atoms with Crippen LogP contribution < -0.4 is 5.73 Å². The van der Waals surface area contributed by atoms with Crippen molar-refractivity contribution in [3.63, 3.8) is 0 Å². The van der Waals surface area contributed by atoms with Crippen LogP contribution in [-0.2, 0) is 17.6 Å². The first-order chi connectivity index (χ1) is 14.0. The van der Waals surface area contributed by atoms with Crippen molar-refractivity contribution in [3.8, 4) is 0 Å². The van der Waals surface area contributed by atoms with E-state index in [1.54, 1.807) is 0 Å². The number of benzene rings is 2. The van der Waals surface area contributed by atoms with Gasteiger partial charge in [0.15, 0.2) is 0 Å². The number of hydrogen-bond acceptors (Lipinski definition) is 3. The van der Waals surface area contributed by atoms with Crippen molar-refractivity contribution < 1.29 is 9.59 Å². The van der Waals surface area contributed by atoms with Crippen LogP contribution in [0.2, 0.25) is 5.02 Å². The third-order valence-electron chi connectivity index (χ3n) is 5.58. The van der Waals surface area contributed by atoms with Gasteiger partial charge in [-0.05, 0) is 60.4 Å². The van der Waals surface area contributed by atoms with Crippen molar-refractivity contribution in [1.29, 1.82) is 0 Å². The summed E-state index contributed by atoms with van der Waals surface area (Å²) in [6.07, 6.45) is 3.75. The van der Waals surface area contributed by atoms with E-state index < -0.39 is 5.91 Å². The van der Waals surface area contributed by atoms with E-state index in [4.69, 9.17) is 17.3 Å². The number of primary amides is 1. The van der Waals surface area contributed by atoms with Gasteiger partial charge in [0, 0.05) is 28.7 Å². The van der Waals surface area contributed by atoms with Crippen LogP contribution in [0.25, 0.3) is 10.1 Å². The summed E-state index contributed by atoms with van der Waals surface area (Å²) in [5.74, 6) is -0.231. The minimum absolute atomic E-state index is 0.109. The molecule has 150 valence electrons. The highest BCUT2D eigenvalue weighted by Gasteiger charge is 2.30. The van der Waals surface area contributed by atoms with Gasteiger partial charge in [0.1, 0.15) is 0 Å². The lowest BCUT2D eigenvalue weighted by Crippen LogP contribution is -2.37. The summed E-state index contributed by atoms with van der Waals surface area (Å²) in [6, 6.07) is 15.8. The van der Waals surface area contributed by atoms with E-state index in [1.165, 1.54) is 11.3 Å². The van der Waals surface area contributed by atoms with Crippen molar-refractivity contribution in [1.82, 2.24) is 4.90 Å². The van der Waals surface area contributed by atoms with Crippen molar-refractivity contribution in [2.75, 3.05) is 6.54 Å². The highest BCUT2D eigenvalue weighted by molar-refractivity contribution is 7.21. The van der Waals surface area contributed by atoms with Crippen molar-refractivity contribution in [2.24, 2.45) is 5.73 Å². The van der Waals surface area contributed by atoms with Gasteiger partial charge in [-0.2, -0.15) is 0 Å². The van der Waals surface area contributed by atoms with Gasteiger partial charge >= 0.3 is 0 Å². The molecule has 0 aliphatic carbocycles. The lowest BCUT2D eigenvalue weighted by atomic mass is 10.00. The van der Waals surface area contributed by atoms with Gasteiger partial charge in [0.2, 0.25) is 5.91 Å². The molecule has 6 heteroatoms. The summed E-state index contributed by atoms with van der Waals surface area (Å²) in [5.41, 5.74) is 7.71. The van der Waals surface area contributed by atoms with Gasteiger partial charge in [-0.3, -0.25) is 9.59 Å². The molecule has 1 aliphatic heterocycles. The number of halogens is 1. The molecule has 2 amide bonds. The highest BCUT2D eigenvalue weighted by Crippen LogP contribution is 2.34. The summed E-state index contributed by atoms with van der Waals surface area (Å²) in [5, 5.41) is 1.77. The number of aryl methyl sites for hydroxylation is 1. The summed E-state index contributed by atoms with van der Waals surface area (Å²) in [4.78, 5) is 27.5. The lowest BCUT2D eigenvalue weighted by molar-refractivity contribution is -0.131. The minimum Gasteiger partial charge on any atom is -0.365 e. The number of amides is 2. The topological polar surface area (TPSA) is 63.4 Å². The lowest BCUT2D eigenvalue weighted by Gasteiger charge is -2.25. The molecule has 4 nitrogen and oxygen atoms in total. The van der Waals surface area contributed by atoms with E-state index >= 15 is 0 Å². The predicted molar refractivity (Wildman–Crippen MR) is 119 cm³/mol. The maximum absolute atomic E-state index is 12.9. The number of fused-ring (bicyclic) bond motifs is 1. The molecule has 0 radical (unpaired) electrons. The Morgan fingerprint density at radius 3 is 2.79 bits per heavy atom. The zero-order chi connectivity index (χ0) is 20.4. The molecule has 0 bridgehead atoms. The molecule has 1 saturated heterocycles. The van der Waals surface area contributed by atoms with Crippen LogP contribution in [0.4, 0.5) is 0 Å². The van der Waals surface area contributed by atoms with Crippen LogP contribution in [-0.4, -0.2) is 29.3 Å². The third kappa shape index (κ3) is 4.31. The van der Waals surface area contributed by atoms with E-state index in [9.17, 15) is 9.59 Å². The SMILES string of the molecule is NC(=O)c1sc2ccccc2c1CC1CCCN1C(=O)CCc1cccc(Cl)c1. The monoisotopic (exact) mass is 426 g/mol. The second kappa shape index (κ2) is 8.56. The van der Waals surface area contributed by atoms with E-state index in [-0.39, 0.29) is 11.9 Å². The maximum Gasteiger partial charge on any atom is 0.259 e. The molecule has 2 heterocycles. The number of likely N-dealkylation sites (tertiary alicyclic amines) is 1. The third-order valence-corrected chi connectivity index (χ3v) is 7.04. The predicted octanol–water partition coefficient (Wildman–Crippen LogP) is 4.82. The number of hydrogen-bond donors (Lipinski definition) is 1. The van der Waals surface area contributed by atoms with Gasteiger partial charge in [-0.25, -0.2) is 0 Å². The Hall–Kier alpha value is -2.37. The van der Waals surface area contributed by atoms with Gasteiger partial charge in [0.05, 0.1) is 4.88 Å². The molecule has 0 saturated carbocycles. The van der Waals surface area contributed by atoms with Crippen molar-refractivity contribution in [3.05, 3.63) is 69.6 Å². The van der Waals surface area contributed by atoms with E-state index in [0.717, 1.165) is 40.6 Å². The Morgan fingerprint density at radius 1 is 1.17 bits per heavy atom. The maximum atomic E-state index is 12.9. The van der Waals surface area contributed by atoms with Crippen LogP contribution in [0.3, 0.4) is 0 Å². The molecule has 1 unspecified atom stereocenters. The molecule has 1 atom stereocenters. The van der Waals surface area contributed by atoms with Gasteiger partial charge in [0.25, 0.3) is 5.91 Å². The highest BCUT2D eigenvalue weighted by atomic mass is 35.5. The largest absolute Gasteiger partial charge is 0.365 e. The molecule has 2 N–H and O–H groups in total. The fourth-order valence-corrected chi connectivity index (χ4v) is 5.50. The Bertz CT molecular complexity index is 1060. The molecule has 29 heavy (non-hydrogen) atoms.